The smallest absolute Gasteiger partial charge is 0.133 e. The van der Waals surface area contributed by atoms with Gasteiger partial charge in [-0.1, -0.05) is 32.8 Å². The number of aromatic nitrogens is 1. The molecule has 1 aliphatic rings. The molecule has 1 fully saturated rings. The SMILES string of the molecule is CCCNC(C)c1cccnc1N(C)C1CCCCC1C. The van der Waals surface area contributed by atoms with E-state index in [2.05, 4.69) is 50.2 Å². The molecular weight excluding hydrogens is 258 g/mol. The summed E-state index contributed by atoms with van der Waals surface area (Å²) in [7, 11) is 2.23. The second-order valence-corrected chi connectivity index (χ2v) is 6.53. The maximum Gasteiger partial charge on any atom is 0.133 e. The third-order valence-electron chi connectivity index (χ3n) is 4.88. The summed E-state index contributed by atoms with van der Waals surface area (Å²) in [5.74, 6) is 1.92. The molecule has 1 heterocycles. The zero-order valence-electron chi connectivity index (χ0n) is 14.1. The number of hydrogen-bond acceptors (Lipinski definition) is 3. The molecule has 0 aromatic carbocycles. The van der Waals surface area contributed by atoms with Crippen molar-refractivity contribution in [2.75, 3.05) is 18.5 Å². The normalized spacial score (nSPS) is 23.8. The molecule has 3 nitrogen and oxygen atoms in total. The minimum absolute atomic E-state index is 0.356. The van der Waals surface area contributed by atoms with Crippen LogP contribution in [0.3, 0.4) is 0 Å². The van der Waals surface area contributed by atoms with Gasteiger partial charge in [0, 0.05) is 30.9 Å². The summed E-state index contributed by atoms with van der Waals surface area (Å²) in [6, 6.07) is 5.27. The molecule has 1 aliphatic carbocycles. The molecule has 0 spiro atoms. The zero-order valence-corrected chi connectivity index (χ0v) is 14.1. The molecule has 0 saturated heterocycles. The van der Waals surface area contributed by atoms with Gasteiger partial charge in [-0.05, 0) is 44.7 Å². The van der Waals surface area contributed by atoms with Gasteiger partial charge in [0.25, 0.3) is 0 Å². The lowest BCUT2D eigenvalue weighted by molar-refractivity contribution is 0.320. The average molecular weight is 289 g/mol. The fourth-order valence-corrected chi connectivity index (χ4v) is 3.54. The van der Waals surface area contributed by atoms with E-state index >= 15 is 0 Å². The largest absolute Gasteiger partial charge is 0.356 e. The number of nitrogens with zero attached hydrogens (tertiary/aromatic N) is 2. The Hall–Kier alpha value is -1.09. The Bertz CT molecular complexity index is 432. The van der Waals surface area contributed by atoms with Gasteiger partial charge in [-0.3, -0.25) is 0 Å². The monoisotopic (exact) mass is 289 g/mol. The summed E-state index contributed by atoms with van der Waals surface area (Å²) in [4.78, 5) is 7.14. The third kappa shape index (κ3) is 3.97. The molecule has 0 amide bonds. The molecule has 3 atom stereocenters. The molecule has 1 aromatic heterocycles. The van der Waals surface area contributed by atoms with Gasteiger partial charge in [-0.25, -0.2) is 4.98 Å². The van der Waals surface area contributed by atoms with Crippen LogP contribution < -0.4 is 10.2 Å². The van der Waals surface area contributed by atoms with Crippen molar-refractivity contribution >= 4 is 5.82 Å². The average Bonchev–Trinajstić information content (AvgIpc) is 2.52. The van der Waals surface area contributed by atoms with Crippen molar-refractivity contribution in [3.63, 3.8) is 0 Å². The van der Waals surface area contributed by atoms with E-state index in [1.54, 1.807) is 0 Å². The Kier molecular flexibility index (Phi) is 6.04. The Morgan fingerprint density at radius 1 is 1.38 bits per heavy atom. The first-order valence-electron chi connectivity index (χ1n) is 8.56. The second kappa shape index (κ2) is 7.79. The van der Waals surface area contributed by atoms with E-state index < -0.39 is 0 Å². The minimum atomic E-state index is 0.356. The lowest BCUT2D eigenvalue weighted by atomic mass is 9.85. The number of hydrogen-bond donors (Lipinski definition) is 1. The number of nitrogens with one attached hydrogen (secondary N) is 1. The van der Waals surface area contributed by atoms with Gasteiger partial charge >= 0.3 is 0 Å². The van der Waals surface area contributed by atoms with E-state index in [1.807, 2.05) is 6.20 Å². The van der Waals surface area contributed by atoms with Crippen molar-refractivity contribution in [3.8, 4) is 0 Å². The van der Waals surface area contributed by atoms with Crippen LogP contribution in [0, 0.1) is 5.92 Å². The van der Waals surface area contributed by atoms with E-state index in [4.69, 9.17) is 4.98 Å². The van der Waals surface area contributed by atoms with E-state index in [0.29, 0.717) is 12.1 Å². The van der Waals surface area contributed by atoms with E-state index in [-0.39, 0.29) is 0 Å². The molecule has 1 saturated carbocycles. The molecule has 3 heteroatoms. The quantitative estimate of drug-likeness (QED) is 0.852. The first-order chi connectivity index (χ1) is 10.1. The topological polar surface area (TPSA) is 28.2 Å². The number of rotatable bonds is 6. The third-order valence-corrected chi connectivity index (χ3v) is 4.88. The molecular formula is C18H31N3. The lowest BCUT2D eigenvalue weighted by Crippen LogP contribution is -2.40. The van der Waals surface area contributed by atoms with E-state index in [1.165, 1.54) is 31.2 Å². The van der Waals surface area contributed by atoms with Crippen LogP contribution >= 0.6 is 0 Å². The summed E-state index contributed by atoms with van der Waals surface area (Å²) in [6.45, 7) is 7.90. The Balaban J connectivity index is 2.18. The van der Waals surface area contributed by atoms with Crippen LogP contribution in [-0.4, -0.2) is 24.6 Å². The van der Waals surface area contributed by atoms with Crippen LogP contribution in [0.25, 0.3) is 0 Å². The molecule has 0 bridgehead atoms. The highest BCUT2D eigenvalue weighted by Crippen LogP contribution is 2.32. The Morgan fingerprint density at radius 2 is 2.14 bits per heavy atom. The van der Waals surface area contributed by atoms with E-state index in [0.717, 1.165) is 24.7 Å². The summed E-state index contributed by atoms with van der Waals surface area (Å²) < 4.78 is 0. The van der Waals surface area contributed by atoms with Crippen molar-refractivity contribution in [1.29, 1.82) is 0 Å². The highest BCUT2D eigenvalue weighted by Gasteiger charge is 2.27. The van der Waals surface area contributed by atoms with Gasteiger partial charge < -0.3 is 10.2 Å². The Morgan fingerprint density at radius 3 is 2.86 bits per heavy atom. The standard InChI is InChI=1S/C18H31N3/c1-5-12-19-15(3)16-10-8-13-20-18(16)21(4)17-11-7-6-9-14(17)2/h8,10,13-15,17,19H,5-7,9,11-12H2,1-4H3. The van der Waals surface area contributed by atoms with Gasteiger partial charge in [0.2, 0.25) is 0 Å². The first-order valence-corrected chi connectivity index (χ1v) is 8.56. The predicted octanol–water partition coefficient (Wildman–Crippen LogP) is 4.16. The zero-order chi connectivity index (χ0) is 15.2. The van der Waals surface area contributed by atoms with Crippen molar-refractivity contribution in [3.05, 3.63) is 23.9 Å². The van der Waals surface area contributed by atoms with Crippen LogP contribution in [0.4, 0.5) is 5.82 Å². The van der Waals surface area contributed by atoms with Crippen LogP contribution in [0.15, 0.2) is 18.3 Å². The maximum absolute atomic E-state index is 4.70. The van der Waals surface area contributed by atoms with Gasteiger partial charge in [0.05, 0.1) is 0 Å². The van der Waals surface area contributed by atoms with Crippen molar-refractivity contribution in [2.24, 2.45) is 5.92 Å². The second-order valence-electron chi connectivity index (χ2n) is 6.53. The fraction of sp³-hybridized carbons (Fsp3) is 0.722. The highest BCUT2D eigenvalue weighted by molar-refractivity contribution is 5.48. The molecule has 0 aliphatic heterocycles. The Labute approximate surface area is 130 Å². The number of pyridine rings is 1. The predicted molar refractivity (Wildman–Crippen MR) is 90.8 cm³/mol. The van der Waals surface area contributed by atoms with Crippen molar-refractivity contribution < 1.29 is 0 Å². The van der Waals surface area contributed by atoms with Crippen molar-refractivity contribution in [1.82, 2.24) is 10.3 Å². The fourth-order valence-electron chi connectivity index (χ4n) is 3.54. The molecule has 3 unspecified atom stereocenters. The molecule has 1 aromatic rings. The van der Waals surface area contributed by atoms with Crippen LogP contribution in [0.5, 0.6) is 0 Å². The highest BCUT2D eigenvalue weighted by atomic mass is 15.2. The van der Waals surface area contributed by atoms with Gasteiger partial charge in [0.1, 0.15) is 5.82 Å². The van der Waals surface area contributed by atoms with E-state index in [9.17, 15) is 0 Å². The summed E-state index contributed by atoms with van der Waals surface area (Å²) >= 11 is 0. The summed E-state index contributed by atoms with van der Waals surface area (Å²) in [6.07, 6.45) is 8.47. The molecule has 21 heavy (non-hydrogen) atoms. The van der Waals surface area contributed by atoms with Crippen LogP contribution in [0.2, 0.25) is 0 Å². The van der Waals surface area contributed by atoms with Crippen LogP contribution in [-0.2, 0) is 0 Å². The molecule has 1 N–H and O–H groups in total. The van der Waals surface area contributed by atoms with Crippen LogP contribution in [0.1, 0.15) is 64.5 Å². The first kappa shape index (κ1) is 16.3. The summed E-state index contributed by atoms with van der Waals surface area (Å²) in [5.41, 5.74) is 1.33. The summed E-state index contributed by atoms with van der Waals surface area (Å²) in [5, 5.41) is 3.59. The minimum Gasteiger partial charge on any atom is -0.356 e. The maximum atomic E-state index is 4.70. The van der Waals surface area contributed by atoms with Gasteiger partial charge in [0.15, 0.2) is 0 Å². The lowest BCUT2D eigenvalue weighted by Gasteiger charge is -2.38. The molecule has 0 radical (unpaired) electrons. The molecule has 118 valence electrons. The molecule has 2 rings (SSSR count). The van der Waals surface area contributed by atoms with Gasteiger partial charge in [-0.15, -0.1) is 0 Å². The van der Waals surface area contributed by atoms with Gasteiger partial charge in [-0.2, -0.15) is 0 Å². The van der Waals surface area contributed by atoms with Crippen molar-refractivity contribution in [2.45, 2.75) is 65.0 Å². The number of anilines is 1.